The summed E-state index contributed by atoms with van der Waals surface area (Å²) in [6.45, 7) is 4.90. The number of allylic oxidation sites excluding steroid dienone is 2. The topological polar surface area (TPSA) is 42.8 Å². The van der Waals surface area contributed by atoms with Crippen molar-refractivity contribution >= 4 is 33.5 Å². The van der Waals surface area contributed by atoms with E-state index in [9.17, 15) is 4.39 Å². The standard InChI is InChI=1S/C35H32BrFN2O2/c1-3-40-33-19-24(18-31(36)35(33)41-21-23-8-12-26(37)13-9-23)20-38-27-14-10-25(11-15-27)34-29-6-4-5-28(29)30-17-22(2)7-16-32(30)39-34/h4-5,7-20,28-29,34,39H,3,6,21H2,1-2H3/t28-,29-,34+/m1/s1. The van der Waals surface area contributed by atoms with Crippen LogP contribution in [0.15, 0.2) is 100 Å². The Hall–Kier alpha value is -3.90. The molecule has 1 N–H and O–H groups in total. The van der Waals surface area contributed by atoms with Crippen LogP contribution in [0.3, 0.4) is 0 Å². The van der Waals surface area contributed by atoms with Crippen LogP contribution in [0.5, 0.6) is 11.5 Å². The van der Waals surface area contributed by atoms with Crippen LogP contribution < -0.4 is 14.8 Å². The molecule has 0 radical (unpaired) electrons. The van der Waals surface area contributed by atoms with Gasteiger partial charge in [-0.2, -0.15) is 0 Å². The Balaban J connectivity index is 1.17. The molecule has 0 unspecified atom stereocenters. The summed E-state index contributed by atoms with van der Waals surface area (Å²) in [5.41, 5.74) is 7.86. The number of aliphatic imine (C=N–C) groups is 1. The lowest BCUT2D eigenvalue weighted by atomic mass is 9.76. The largest absolute Gasteiger partial charge is 0.490 e. The number of nitrogens with one attached hydrogen (secondary N) is 1. The number of halogens is 2. The molecule has 0 fully saturated rings. The molecule has 4 aromatic carbocycles. The van der Waals surface area contributed by atoms with Gasteiger partial charge in [-0.05, 0) is 107 Å². The zero-order valence-electron chi connectivity index (χ0n) is 23.1. The first-order chi connectivity index (χ1) is 20.0. The zero-order chi connectivity index (χ0) is 28.3. The Morgan fingerprint density at radius 2 is 1.80 bits per heavy atom. The number of hydrogen-bond donors (Lipinski definition) is 1. The number of rotatable bonds is 8. The summed E-state index contributed by atoms with van der Waals surface area (Å²) in [5, 5.41) is 3.82. The third kappa shape index (κ3) is 5.94. The van der Waals surface area contributed by atoms with Crippen LogP contribution in [0.25, 0.3) is 0 Å². The van der Waals surface area contributed by atoms with Gasteiger partial charge in [0, 0.05) is 17.8 Å². The summed E-state index contributed by atoms with van der Waals surface area (Å²) in [5.74, 6) is 1.93. The van der Waals surface area contributed by atoms with Crippen molar-refractivity contribution < 1.29 is 13.9 Å². The molecular weight excluding hydrogens is 579 g/mol. The summed E-state index contributed by atoms with van der Waals surface area (Å²) in [6, 6.07) is 25.7. The molecule has 0 bridgehead atoms. The fourth-order valence-electron chi connectivity index (χ4n) is 5.76. The minimum Gasteiger partial charge on any atom is -0.490 e. The highest BCUT2D eigenvalue weighted by Crippen LogP contribution is 2.50. The molecule has 0 saturated carbocycles. The lowest BCUT2D eigenvalue weighted by molar-refractivity contribution is 0.267. The summed E-state index contributed by atoms with van der Waals surface area (Å²) < 4.78 is 25.9. The number of aryl methyl sites for hydroxylation is 1. The number of benzene rings is 4. The molecule has 0 saturated heterocycles. The highest BCUT2D eigenvalue weighted by Gasteiger charge is 2.37. The number of anilines is 1. The van der Waals surface area contributed by atoms with E-state index in [0.717, 1.165) is 27.7 Å². The molecule has 6 heteroatoms. The van der Waals surface area contributed by atoms with Crippen molar-refractivity contribution in [2.45, 2.75) is 38.8 Å². The fraction of sp³-hybridized carbons (Fsp3) is 0.229. The summed E-state index contributed by atoms with van der Waals surface area (Å²) in [4.78, 5) is 4.74. The predicted octanol–water partition coefficient (Wildman–Crippen LogP) is 9.45. The lowest BCUT2D eigenvalue weighted by Crippen LogP contribution is -2.29. The molecule has 3 atom stereocenters. The molecule has 0 amide bonds. The minimum atomic E-state index is -0.269. The Labute approximate surface area is 249 Å². The van der Waals surface area contributed by atoms with E-state index in [4.69, 9.17) is 14.5 Å². The number of hydrogen-bond acceptors (Lipinski definition) is 4. The second-order valence-corrected chi connectivity index (χ2v) is 11.4. The maximum Gasteiger partial charge on any atom is 0.175 e. The maximum absolute atomic E-state index is 13.2. The highest BCUT2D eigenvalue weighted by molar-refractivity contribution is 9.10. The van der Waals surface area contributed by atoms with Crippen LogP contribution in [-0.4, -0.2) is 12.8 Å². The van der Waals surface area contributed by atoms with Gasteiger partial charge in [0.15, 0.2) is 11.5 Å². The van der Waals surface area contributed by atoms with E-state index in [0.29, 0.717) is 36.5 Å². The normalized spacial score (nSPS) is 19.1. The van der Waals surface area contributed by atoms with E-state index in [1.165, 1.54) is 34.5 Å². The summed E-state index contributed by atoms with van der Waals surface area (Å²) >= 11 is 3.63. The van der Waals surface area contributed by atoms with E-state index in [1.54, 1.807) is 12.1 Å². The lowest BCUT2D eigenvalue weighted by Gasteiger charge is -2.37. The van der Waals surface area contributed by atoms with Crippen molar-refractivity contribution in [3.05, 3.63) is 129 Å². The van der Waals surface area contributed by atoms with E-state index >= 15 is 0 Å². The Kier molecular flexibility index (Phi) is 7.93. The Morgan fingerprint density at radius 3 is 2.59 bits per heavy atom. The van der Waals surface area contributed by atoms with E-state index < -0.39 is 0 Å². The van der Waals surface area contributed by atoms with Crippen LogP contribution in [0, 0.1) is 18.7 Å². The summed E-state index contributed by atoms with van der Waals surface area (Å²) in [7, 11) is 0. The van der Waals surface area contributed by atoms with Gasteiger partial charge >= 0.3 is 0 Å². The average Bonchev–Trinajstić information content (AvgIpc) is 3.47. The smallest absolute Gasteiger partial charge is 0.175 e. The highest BCUT2D eigenvalue weighted by atomic mass is 79.9. The van der Waals surface area contributed by atoms with Gasteiger partial charge < -0.3 is 14.8 Å². The van der Waals surface area contributed by atoms with Gasteiger partial charge in [0.2, 0.25) is 0 Å². The summed E-state index contributed by atoms with van der Waals surface area (Å²) in [6.07, 6.45) is 7.62. The first kappa shape index (κ1) is 27.3. The van der Waals surface area contributed by atoms with Crippen LogP contribution in [0.2, 0.25) is 0 Å². The molecule has 6 rings (SSSR count). The fourth-order valence-corrected chi connectivity index (χ4v) is 6.34. The molecule has 4 nitrogen and oxygen atoms in total. The van der Waals surface area contributed by atoms with Gasteiger partial charge in [0.1, 0.15) is 12.4 Å². The minimum absolute atomic E-state index is 0.260. The van der Waals surface area contributed by atoms with E-state index in [1.807, 2.05) is 25.3 Å². The monoisotopic (exact) mass is 610 g/mol. The maximum atomic E-state index is 13.2. The molecule has 0 spiro atoms. The van der Waals surface area contributed by atoms with Crippen LogP contribution >= 0.6 is 15.9 Å². The van der Waals surface area contributed by atoms with Gasteiger partial charge in [-0.3, -0.25) is 4.99 Å². The molecule has 0 aromatic heterocycles. The predicted molar refractivity (Wildman–Crippen MR) is 167 cm³/mol. The molecule has 1 heterocycles. The molecule has 208 valence electrons. The van der Waals surface area contributed by atoms with Crippen LogP contribution in [-0.2, 0) is 6.61 Å². The number of nitrogens with zero attached hydrogens (tertiary/aromatic N) is 1. The number of ether oxygens (including phenoxy) is 2. The molecule has 41 heavy (non-hydrogen) atoms. The SMILES string of the molecule is CCOc1cc(C=Nc2ccc([C@@H]3Nc4ccc(C)cc4[C@@H]4C=CC[C@H]43)cc2)cc(Br)c1OCc1ccc(F)cc1. The van der Waals surface area contributed by atoms with Gasteiger partial charge in [0.25, 0.3) is 0 Å². The molecule has 1 aliphatic carbocycles. The zero-order valence-corrected chi connectivity index (χ0v) is 24.7. The second kappa shape index (κ2) is 11.9. The molecular formula is C35H32BrFN2O2. The quantitative estimate of drug-likeness (QED) is 0.159. The van der Waals surface area contributed by atoms with Gasteiger partial charge in [-0.1, -0.05) is 54.1 Å². The molecule has 1 aliphatic heterocycles. The van der Waals surface area contributed by atoms with E-state index in [-0.39, 0.29) is 11.9 Å². The van der Waals surface area contributed by atoms with Crippen molar-refractivity contribution in [1.29, 1.82) is 0 Å². The first-order valence-electron chi connectivity index (χ1n) is 14.0. The first-order valence-corrected chi connectivity index (χ1v) is 14.8. The third-order valence-electron chi connectivity index (χ3n) is 7.76. The van der Waals surface area contributed by atoms with Crippen molar-refractivity contribution in [3.63, 3.8) is 0 Å². The van der Waals surface area contributed by atoms with Crippen LogP contribution in [0.4, 0.5) is 15.8 Å². The van der Waals surface area contributed by atoms with Crippen LogP contribution in [0.1, 0.15) is 53.1 Å². The van der Waals surface area contributed by atoms with Crippen molar-refractivity contribution in [1.82, 2.24) is 0 Å². The van der Waals surface area contributed by atoms with Crippen molar-refractivity contribution in [2.75, 3.05) is 11.9 Å². The third-order valence-corrected chi connectivity index (χ3v) is 8.35. The van der Waals surface area contributed by atoms with Crippen molar-refractivity contribution in [2.24, 2.45) is 10.9 Å². The molecule has 4 aromatic rings. The second-order valence-electron chi connectivity index (χ2n) is 10.6. The van der Waals surface area contributed by atoms with Crippen molar-refractivity contribution in [3.8, 4) is 11.5 Å². The van der Waals surface area contributed by atoms with Gasteiger partial charge in [-0.15, -0.1) is 0 Å². The average molecular weight is 612 g/mol. The Bertz CT molecular complexity index is 1600. The number of fused-ring (bicyclic) bond motifs is 3. The van der Waals surface area contributed by atoms with Gasteiger partial charge in [-0.25, -0.2) is 4.39 Å². The van der Waals surface area contributed by atoms with E-state index in [2.05, 4.69) is 82.8 Å². The molecule has 2 aliphatic rings. The van der Waals surface area contributed by atoms with Gasteiger partial charge in [0.05, 0.1) is 22.8 Å². The Morgan fingerprint density at radius 1 is 1.00 bits per heavy atom.